The number of carbonyl (C=O) groups is 1. The lowest BCUT2D eigenvalue weighted by Crippen LogP contribution is -2.14. The number of rotatable bonds is 2. The maximum atomic E-state index is 13.4. The van der Waals surface area contributed by atoms with Crippen LogP contribution in [-0.2, 0) is 0 Å². The summed E-state index contributed by atoms with van der Waals surface area (Å²) in [6.45, 7) is 1.65. The minimum absolute atomic E-state index is 0.203. The van der Waals surface area contributed by atoms with Crippen molar-refractivity contribution in [3.8, 4) is 0 Å². The predicted octanol–water partition coefficient (Wildman–Crippen LogP) is 3.62. The van der Waals surface area contributed by atoms with E-state index in [9.17, 15) is 9.18 Å². The zero-order chi connectivity index (χ0) is 14.0. The van der Waals surface area contributed by atoms with Gasteiger partial charge in [0.05, 0.1) is 16.3 Å². The summed E-state index contributed by atoms with van der Waals surface area (Å²) in [7, 11) is 0. The Balaban J connectivity index is 2.26. The van der Waals surface area contributed by atoms with E-state index in [-0.39, 0.29) is 17.1 Å². The van der Waals surface area contributed by atoms with Gasteiger partial charge in [0.25, 0.3) is 5.91 Å². The third kappa shape index (κ3) is 2.85. The first-order chi connectivity index (χ1) is 8.99. The second-order valence-corrected chi connectivity index (χ2v) is 4.53. The number of nitrogens with one attached hydrogen (secondary N) is 1. The molecular weight excluding hydrogens is 267 g/mol. The molecule has 0 aliphatic carbocycles. The molecule has 0 bridgehead atoms. The number of nitrogens with two attached hydrogens (primary N) is 1. The van der Waals surface area contributed by atoms with E-state index in [4.69, 9.17) is 17.3 Å². The van der Waals surface area contributed by atoms with E-state index >= 15 is 0 Å². The number of hydrogen-bond donors (Lipinski definition) is 2. The molecule has 1 amide bonds. The van der Waals surface area contributed by atoms with Crippen LogP contribution in [-0.4, -0.2) is 5.91 Å². The lowest BCUT2D eigenvalue weighted by molar-refractivity contribution is 0.102. The van der Waals surface area contributed by atoms with Gasteiger partial charge in [-0.05, 0) is 36.8 Å². The smallest absolute Gasteiger partial charge is 0.257 e. The number of amides is 1. The molecular formula is C14H12ClFN2O. The van der Waals surface area contributed by atoms with Crippen molar-refractivity contribution in [2.45, 2.75) is 6.92 Å². The van der Waals surface area contributed by atoms with Crippen LogP contribution in [0.15, 0.2) is 36.4 Å². The van der Waals surface area contributed by atoms with E-state index in [1.165, 1.54) is 6.07 Å². The van der Waals surface area contributed by atoms with Gasteiger partial charge in [-0.2, -0.15) is 0 Å². The Morgan fingerprint density at radius 3 is 2.74 bits per heavy atom. The average molecular weight is 279 g/mol. The lowest BCUT2D eigenvalue weighted by Gasteiger charge is -2.09. The zero-order valence-electron chi connectivity index (χ0n) is 10.2. The third-order valence-electron chi connectivity index (χ3n) is 2.73. The average Bonchev–Trinajstić information content (AvgIpc) is 2.37. The fourth-order valence-corrected chi connectivity index (χ4v) is 1.78. The molecule has 98 valence electrons. The van der Waals surface area contributed by atoms with Crippen molar-refractivity contribution in [2.75, 3.05) is 11.1 Å². The molecule has 2 rings (SSSR count). The second kappa shape index (κ2) is 5.28. The molecule has 0 aliphatic rings. The van der Waals surface area contributed by atoms with Crippen molar-refractivity contribution in [1.29, 1.82) is 0 Å². The van der Waals surface area contributed by atoms with Crippen LogP contribution in [0, 0.1) is 12.7 Å². The maximum absolute atomic E-state index is 13.4. The molecule has 0 saturated heterocycles. The molecule has 0 fully saturated rings. The first kappa shape index (κ1) is 13.4. The maximum Gasteiger partial charge on any atom is 0.257 e. The Hall–Kier alpha value is -2.07. The Bertz CT molecular complexity index is 643. The first-order valence-electron chi connectivity index (χ1n) is 5.60. The van der Waals surface area contributed by atoms with Gasteiger partial charge in [-0.1, -0.05) is 23.7 Å². The monoisotopic (exact) mass is 278 g/mol. The van der Waals surface area contributed by atoms with Gasteiger partial charge in [0, 0.05) is 5.69 Å². The molecule has 0 aliphatic heterocycles. The molecule has 0 heterocycles. The molecule has 0 radical (unpaired) electrons. The summed E-state index contributed by atoms with van der Waals surface area (Å²) in [5.74, 6) is -0.805. The fraction of sp³-hybridized carbons (Fsp3) is 0.0714. The van der Waals surface area contributed by atoms with Crippen LogP contribution in [0.2, 0.25) is 5.02 Å². The molecule has 2 aromatic carbocycles. The third-order valence-corrected chi connectivity index (χ3v) is 3.06. The molecule has 0 spiro atoms. The largest absolute Gasteiger partial charge is 0.397 e. The molecule has 0 saturated carbocycles. The van der Waals surface area contributed by atoms with Crippen molar-refractivity contribution >= 4 is 28.9 Å². The summed E-state index contributed by atoms with van der Waals surface area (Å²) in [6.07, 6.45) is 0. The van der Waals surface area contributed by atoms with Gasteiger partial charge in [-0.15, -0.1) is 0 Å². The van der Waals surface area contributed by atoms with E-state index in [0.717, 1.165) is 0 Å². The topological polar surface area (TPSA) is 55.1 Å². The van der Waals surface area contributed by atoms with E-state index in [1.54, 1.807) is 37.3 Å². The Morgan fingerprint density at radius 2 is 2.05 bits per heavy atom. The second-order valence-electron chi connectivity index (χ2n) is 4.12. The Labute approximate surface area is 115 Å². The SMILES string of the molecule is Cc1ccc(NC(=O)c2cccc(Cl)c2N)cc1F. The minimum Gasteiger partial charge on any atom is -0.397 e. The van der Waals surface area contributed by atoms with Gasteiger partial charge >= 0.3 is 0 Å². The number of hydrogen-bond acceptors (Lipinski definition) is 2. The Morgan fingerprint density at radius 1 is 1.32 bits per heavy atom. The summed E-state index contributed by atoms with van der Waals surface area (Å²) in [5.41, 5.74) is 7.07. The van der Waals surface area contributed by atoms with Crippen LogP contribution in [0.1, 0.15) is 15.9 Å². The predicted molar refractivity (Wildman–Crippen MR) is 75.0 cm³/mol. The summed E-state index contributed by atoms with van der Waals surface area (Å²) in [6, 6.07) is 9.25. The van der Waals surface area contributed by atoms with E-state index in [2.05, 4.69) is 5.32 Å². The molecule has 0 aromatic heterocycles. The normalized spacial score (nSPS) is 10.3. The van der Waals surface area contributed by atoms with Crippen LogP contribution in [0.25, 0.3) is 0 Å². The number of benzene rings is 2. The van der Waals surface area contributed by atoms with Gasteiger partial charge in [0.2, 0.25) is 0 Å². The quantitative estimate of drug-likeness (QED) is 0.824. The Kier molecular flexibility index (Phi) is 3.71. The van der Waals surface area contributed by atoms with Crippen LogP contribution in [0.5, 0.6) is 0 Å². The number of aryl methyl sites for hydroxylation is 1. The lowest BCUT2D eigenvalue weighted by atomic mass is 10.1. The van der Waals surface area contributed by atoms with Crippen molar-refractivity contribution in [3.63, 3.8) is 0 Å². The van der Waals surface area contributed by atoms with E-state index < -0.39 is 5.91 Å². The summed E-state index contributed by atoms with van der Waals surface area (Å²) >= 11 is 5.84. The molecule has 19 heavy (non-hydrogen) atoms. The number of carbonyl (C=O) groups excluding carboxylic acids is 1. The van der Waals surface area contributed by atoms with Crippen molar-refractivity contribution in [3.05, 3.63) is 58.4 Å². The van der Waals surface area contributed by atoms with Gasteiger partial charge < -0.3 is 11.1 Å². The molecule has 3 nitrogen and oxygen atoms in total. The van der Waals surface area contributed by atoms with Gasteiger partial charge in [-0.3, -0.25) is 4.79 Å². The van der Waals surface area contributed by atoms with Crippen LogP contribution >= 0.6 is 11.6 Å². The number of anilines is 2. The summed E-state index contributed by atoms with van der Waals surface area (Å²) in [5, 5.41) is 2.88. The van der Waals surface area contributed by atoms with Gasteiger partial charge in [-0.25, -0.2) is 4.39 Å². The van der Waals surface area contributed by atoms with Crippen LogP contribution in [0.3, 0.4) is 0 Å². The van der Waals surface area contributed by atoms with Crippen molar-refractivity contribution in [1.82, 2.24) is 0 Å². The molecule has 0 atom stereocenters. The van der Waals surface area contributed by atoms with E-state index in [1.807, 2.05) is 0 Å². The standard InChI is InChI=1S/C14H12ClFN2O/c1-8-5-6-9(7-12(8)16)18-14(19)10-3-2-4-11(15)13(10)17/h2-7H,17H2,1H3,(H,18,19). The highest BCUT2D eigenvalue weighted by Crippen LogP contribution is 2.23. The fourth-order valence-electron chi connectivity index (χ4n) is 1.60. The number of para-hydroxylation sites is 1. The number of nitrogen functional groups attached to an aromatic ring is 1. The van der Waals surface area contributed by atoms with Crippen LogP contribution in [0.4, 0.5) is 15.8 Å². The first-order valence-corrected chi connectivity index (χ1v) is 5.98. The van der Waals surface area contributed by atoms with E-state index in [0.29, 0.717) is 16.3 Å². The highest BCUT2D eigenvalue weighted by atomic mass is 35.5. The van der Waals surface area contributed by atoms with Gasteiger partial charge in [0.15, 0.2) is 0 Å². The highest BCUT2D eigenvalue weighted by Gasteiger charge is 2.12. The molecule has 3 N–H and O–H groups in total. The highest BCUT2D eigenvalue weighted by molar-refractivity contribution is 6.34. The summed E-state index contributed by atoms with van der Waals surface area (Å²) in [4.78, 5) is 12.0. The van der Waals surface area contributed by atoms with Crippen molar-refractivity contribution < 1.29 is 9.18 Å². The molecule has 0 unspecified atom stereocenters. The molecule has 2 aromatic rings. The number of halogens is 2. The van der Waals surface area contributed by atoms with Gasteiger partial charge in [0.1, 0.15) is 5.82 Å². The molecule has 5 heteroatoms. The van der Waals surface area contributed by atoms with Crippen molar-refractivity contribution in [2.24, 2.45) is 0 Å². The minimum atomic E-state index is -0.428. The summed E-state index contributed by atoms with van der Waals surface area (Å²) < 4.78 is 13.4. The zero-order valence-corrected chi connectivity index (χ0v) is 11.0. The van der Waals surface area contributed by atoms with Crippen LogP contribution < -0.4 is 11.1 Å².